The Morgan fingerprint density at radius 1 is 1.50 bits per heavy atom. The van der Waals surface area contributed by atoms with Crippen molar-refractivity contribution in [2.24, 2.45) is 0 Å². The van der Waals surface area contributed by atoms with Crippen LogP contribution in [-0.2, 0) is 4.79 Å². The van der Waals surface area contributed by atoms with Crippen LogP contribution in [0.5, 0.6) is 0 Å². The van der Waals surface area contributed by atoms with Crippen LogP contribution in [0.2, 0.25) is 0 Å². The monoisotopic (exact) mass is 215 g/mol. The summed E-state index contributed by atoms with van der Waals surface area (Å²) in [6, 6.07) is 1.86. The summed E-state index contributed by atoms with van der Waals surface area (Å²) in [4.78, 5) is 18.8. The van der Waals surface area contributed by atoms with E-state index in [1.54, 1.807) is 0 Å². The highest BCUT2D eigenvalue weighted by molar-refractivity contribution is 5.80. The minimum Gasteiger partial charge on any atom is -0.359 e. The van der Waals surface area contributed by atoms with Crippen molar-refractivity contribution in [3.8, 4) is 18.4 Å². The molecule has 1 aromatic rings. The number of nitrogens with zero attached hydrogens (tertiary/aromatic N) is 3. The third-order valence-electron chi connectivity index (χ3n) is 1.61. The maximum absolute atomic E-state index is 11.2. The van der Waals surface area contributed by atoms with Crippen LogP contribution in [0, 0.1) is 23.7 Å². The summed E-state index contributed by atoms with van der Waals surface area (Å²) in [7, 11) is 0. The van der Waals surface area contributed by atoms with Gasteiger partial charge in [-0.1, -0.05) is 5.92 Å². The Morgan fingerprint density at radius 2 is 2.25 bits per heavy atom. The molecule has 0 radical (unpaired) electrons. The van der Waals surface area contributed by atoms with E-state index in [0.717, 1.165) is 0 Å². The lowest BCUT2D eigenvalue weighted by Gasteiger charge is -2.05. The lowest BCUT2D eigenvalue weighted by molar-refractivity contribution is -0.119. The van der Waals surface area contributed by atoms with Crippen LogP contribution < -0.4 is 10.6 Å². The molecule has 1 rings (SSSR count). The fourth-order valence-corrected chi connectivity index (χ4v) is 0.925. The molecule has 6 heteroatoms. The van der Waals surface area contributed by atoms with E-state index in [1.807, 2.05) is 6.07 Å². The van der Waals surface area contributed by atoms with E-state index in [4.69, 9.17) is 11.7 Å². The first kappa shape index (κ1) is 11.5. The first-order valence-corrected chi connectivity index (χ1v) is 4.43. The highest BCUT2D eigenvalue weighted by atomic mass is 16.1. The van der Waals surface area contributed by atoms with Crippen molar-refractivity contribution >= 4 is 11.7 Å². The summed E-state index contributed by atoms with van der Waals surface area (Å²) in [6.07, 6.45) is 7.82. The molecule has 16 heavy (non-hydrogen) atoms. The predicted octanol–water partition coefficient (Wildman–Crippen LogP) is -0.490. The first-order valence-electron chi connectivity index (χ1n) is 4.43. The summed E-state index contributed by atoms with van der Waals surface area (Å²) in [5.74, 6) is 2.29. The average molecular weight is 215 g/mol. The highest BCUT2D eigenvalue weighted by Gasteiger charge is 2.05. The maximum Gasteiger partial charge on any atom is 0.240 e. The molecule has 0 aliphatic rings. The molecule has 0 aromatic carbocycles. The van der Waals surface area contributed by atoms with Gasteiger partial charge in [0.05, 0.1) is 13.1 Å². The SMILES string of the molecule is C#CCNC(=O)CNc1nccnc1C#N. The molecule has 0 saturated carbocycles. The number of aromatic nitrogens is 2. The number of rotatable bonds is 4. The zero-order chi connectivity index (χ0) is 11.8. The number of terminal acetylenes is 1. The van der Waals surface area contributed by atoms with Crippen LogP contribution >= 0.6 is 0 Å². The van der Waals surface area contributed by atoms with Gasteiger partial charge in [-0.05, 0) is 0 Å². The Hall–Kier alpha value is -2.60. The largest absolute Gasteiger partial charge is 0.359 e. The Bertz CT molecular complexity index is 457. The standard InChI is InChI=1S/C10H9N5O/c1-2-3-13-9(16)7-15-10-8(6-11)12-4-5-14-10/h1,4-5H,3,7H2,(H,13,16)(H,14,15). The number of amides is 1. The Balaban J connectivity index is 2.52. The van der Waals surface area contributed by atoms with Crippen LogP contribution in [0.15, 0.2) is 12.4 Å². The minimum atomic E-state index is -0.271. The topological polar surface area (TPSA) is 90.7 Å². The van der Waals surface area contributed by atoms with Gasteiger partial charge in [-0.25, -0.2) is 9.97 Å². The lowest BCUT2D eigenvalue weighted by Crippen LogP contribution is -2.30. The fraction of sp³-hybridized carbons (Fsp3) is 0.200. The van der Waals surface area contributed by atoms with Gasteiger partial charge in [0.15, 0.2) is 11.5 Å². The molecule has 0 fully saturated rings. The predicted molar refractivity (Wildman–Crippen MR) is 57.1 cm³/mol. The van der Waals surface area contributed by atoms with Crippen LogP contribution in [0.1, 0.15) is 5.69 Å². The summed E-state index contributed by atoms with van der Waals surface area (Å²) in [5.41, 5.74) is 0.146. The van der Waals surface area contributed by atoms with Crippen LogP contribution in [0.3, 0.4) is 0 Å². The zero-order valence-corrected chi connectivity index (χ0v) is 8.40. The van der Waals surface area contributed by atoms with Crippen molar-refractivity contribution in [1.82, 2.24) is 15.3 Å². The van der Waals surface area contributed by atoms with E-state index < -0.39 is 0 Å². The third kappa shape index (κ3) is 3.28. The van der Waals surface area contributed by atoms with Gasteiger partial charge in [0.25, 0.3) is 0 Å². The van der Waals surface area contributed by atoms with Gasteiger partial charge in [-0.3, -0.25) is 4.79 Å². The van der Waals surface area contributed by atoms with Crippen molar-refractivity contribution in [3.63, 3.8) is 0 Å². The van der Waals surface area contributed by atoms with Crippen LogP contribution in [0.4, 0.5) is 5.82 Å². The quantitative estimate of drug-likeness (QED) is 0.661. The molecule has 0 bridgehead atoms. The third-order valence-corrected chi connectivity index (χ3v) is 1.61. The van der Waals surface area contributed by atoms with E-state index in [2.05, 4.69) is 26.5 Å². The van der Waals surface area contributed by atoms with Crippen molar-refractivity contribution in [3.05, 3.63) is 18.1 Å². The molecule has 6 nitrogen and oxygen atoms in total. The van der Waals surface area contributed by atoms with Gasteiger partial charge in [-0.15, -0.1) is 6.42 Å². The molecule has 1 aromatic heterocycles. The normalized spacial score (nSPS) is 8.62. The van der Waals surface area contributed by atoms with Crippen molar-refractivity contribution in [1.29, 1.82) is 5.26 Å². The summed E-state index contributed by atoms with van der Waals surface area (Å²) >= 11 is 0. The fourth-order valence-electron chi connectivity index (χ4n) is 0.925. The number of nitrogens with one attached hydrogen (secondary N) is 2. The average Bonchev–Trinajstić information content (AvgIpc) is 2.34. The van der Waals surface area contributed by atoms with Gasteiger partial charge in [0.2, 0.25) is 5.91 Å². The molecule has 0 atom stereocenters. The van der Waals surface area contributed by atoms with Crippen molar-refractivity contribution in [2.75, 3.05) is 18.4 Å². The summed E-state index contributed by atoms with van der Waals surface area (Å²) in [6.45, 7) is 0.168. The number of carbonyl (C=O) groups excluding carboxylic acids is 1. The molecule has 0 unspecified atom stereocenters. The molecular formula is C10H9N5O. The number of nitriles is 1. The second-order valence-corrected chi connectivity index (χ2v) is 2.70. The molecule has 80 valence electrons. The number of hydrogen-bond acceptors (Lipinski definition) is 5. The Kier molecular flexibility index (Phi) is 4.30. The van der Waals surface area contributed by atoms with E-state index in [1.165, 1.54) is 12.4 Å². The lowest BCUT2D eigenvalue weighted by atomic mass is 10.4. The molecule has 0 saturated heterocycles. The van der Waals surface area contributed by atoms with Crippen LogP contribution in [-0.4, -0.2) is 29.0 Å². The molecule has 2 N–H and O–H groups in total. The van der Waals surface area contributed by atoms with Crippen molar-refractivity contribution in [2.45, 2.75) is 0 Å². The van der Waals surface area contributed by atoms with Gasteiger partial charge in [-0.2, -0.15) is 5.26 Å². The zero-order valence-electron chi connectivity index (χ0n) is 8.40. The Labute approximate surface area is 92.7 Å². The highest BCUT2D eigenvalue weighted by Crippen LogP contribution is 2.04. The van der Waals surface area contributed by atoms with Gasteiger partial charge in [0.1, 0.15) is 6.07 Å². The molecular weight excluding hydrogens is 206 g/mol. The molecule has 1 amide bonds. The van der Waals surface area contributed by atoms with Gasteiger partial charge >= 0.3 is 0 Å². The van der Waals surface area contributed by atoms with E-state index in [9.17, 15) is 4.79 Å². The Morgan fingerprint density at radius 3 is 2.94 bits per heavy atom. The second-order valence-electron chi connectivity index (χ2n) is 2.70. The molecule has 0 aliphatic carbocycles. The maximum atomic E-state index is 11.2. The molecule has 1 heterocycles. The van der Waals surface area contributed by atoms with E-state index in [-0.39, 0.29) is 30.5 Å². The number of anilines is 1. The number of hydrogen-bond donors (Lipinski definition) is 2. The van der Waals surface area contributed by atoms with Crippen LogP contribution in [0.25, 0.3) is 0 Å². The van der Waals surface area contributed by atoms with Gasteiger partial charge in [0, 0.05) is 12.4 Å². The van der Waals surface area contributed by atoms with E-state index in [0.29, 0.717) is 0 Å². The summed E-state index contributed by atoms with van der Waals surface area (Å²) in [5, 5.41) is 13.9. The first-order chi connectivity index (χ1) is 7.77. The molecule has 0 aliphatic heterocycles. The van der Waals surface area contributed by atoms with E-state index >= 15 is 0 Å². The second kappa shape index (κ2) is 5.99. The smallest absolute Gasteiger partial charge is 0.240 e. The number of carbonyl (C=O) groups is 1. The minimum absolute atomic E-state index is 0.00491. The molecule has 0 spiro atoms. The van der Waals surface area contributed by atoms with Gasteiger partial charge < -0.3 is 10.6 Å². The summed E-state index contributed by atoms with van der Waals surface area (Å²) < 4.78 is 0. The van der Waals surface area contributed by atoms with Crippen molar-refractivity contribution < 1.29 is 4.79 Å².